The quantitative estimate of drug-likeness (QED) is 0.788. The van der Waals surface area contributed by atoms with Gasteiger partial charge in [0.05, 0.1) is 0 Å². The number of carboxylic acid groups (broad SMARTS) is 2. The van der Waals surface area contributed by atoms with Crippen LogP contribution in [0.2, 0.25) is 0 Å². The van der Waals surface area contributed by atoms with E-state index in [1.807, 2.05) is 0 Å². The number of carbonyl (C=O) groups is 2. The van der Waals surface area contributed by atoms with Crippen molar-refractivity contribution in [1.29, 1.82) is 0 Å². The highest BCUT2D eigenvalue weighted by Crippen LogP contribution is 2.21. The first-order valence-corrected chi connectivity index (χ1v) is 4.88. The fourth-order valence-corrected chi connectivity index (χ4v) is 1.49. The van der Waals surface area contributed by atoms with Crippen LogP contribution in [0.3, 0.4) is 0 Å². The predicted molar refractivity (Wildman–Crippen MR) is 57.8 cm³/mol. The number of hydrogen-bond donors (Lipinski definition) is 2. The Hall–Kier alpha value is -2.77. The van der Waals surface area contributed by atoms with Gasteiger partial charge in [0.25, 0.3) is 0 Å². The van der Waals surface area contributed by atoms with Crippen LogP contribution in [0.5, 0.6) is 0 Å². The zero-order chi connectivity index (χ0) is 13.1. The molecular weight excluding hydrogens is 240 g/mol. The van der Waals surface area contributed by atoms with E-state index < -0.39 is 18.5 Å². The Morgan fingerprint density at radius 1 is 1.22 bits per heavy atom. The molecule has 0 spiro atoms. The highest BCUT2D eigenvalue weighted by Gasteiger charge is 2.21. The molecule has 0 unspecified atom stereocenters. The SMILES string of the molecule is O=C(O)Cn1nnc(C(=O)O)c1-c1ccncc1. The van der Waals surface area contributed by atoms with E-state index in [1.54, 1.807) is 12.1 Å². The zero-order valence-corrected chi connectivity index (χ0v) is 9.02. The average molecular weight is 248 g/mol. The van der Waals surface area contributed by atoms with Gasteiger partial charge in [-0.05, 0) is 12.1 Å². The van der Waals surface area contributed by atoms with E-state index in [-0.39, 0.29) is 11.4 Å². The van der Waals surface area contributed by atoms with Crippen molar-refractivity contribution in [3.05, 3.63) is 30.2 Å². The van der Waals surface area contributed by atoms with Gasteiger partial charge in [-0.3, -0.25) is 9.78 Å². The molecule has 2 N–H and O–H groups in total. The minimum atomic E-state index is -1.27. The van der Waals surface area contributed by atoms with Crippen molar-refractivity contribution in [2.24, 2.45) is 0 Å². The van der Waals surface area contributed by atoms with Crippen LogP contribution in [0.15, 0.2) is 24.5 Å². The molecule has 8 heteroatoms. The Morgan fingerprint density at radius 2 is 1.89 bits per heavy atom. The van der Waals surface area contributed by atoms with Gasteiger partial charge >= 0.3 is 11.9 Å². The normalized spacial score (nSPS) is 10.2. The Labute approximate surface area is 101 Å². The maximum Gasteiger partial charge on any atom is 0.358 e. The second-order valence-electron chi connectivity index (χ2n) is 3.38. The summed E-state index contributed by atoms with van der Waals surface area (Å²) in [7, 11) is 0. The number of rotatable bonds is 4. The molecule has 0 fully saturated rings. The first kappa shape index (κ1) is 11.7. The average Bonchev–Trinajstić information content (AvgIpc) is 2.73. The van der Waals surface area contributed by atoms with Gasteiger partial charge in [0.1, 0.15) is 12.2 Å². The van der Waals surface area contributed by atoms with Crippen LogP contribution in [0.25, 0.3) is 11.3 Å². The fraction of sp³-hybridized carbons (Fsp3) is 0.100. The lowest BCUT2D eigenvalue weighted by molar-refractivity contribution is -0.137. The van der Waals surface area contributed by atoms with Gasteiger partial charge in [-0.25, -0.2) is 9.48 Å². The van der Waals surface area contributed by atoms with Gasteiger partial charge in [-0.2, -0.15) is 0 Å². The van der Waals surface area contributed by atoms with Crippen molar-refractivity contribution in [3.63, 3.8) is 0 Å². The molecule has 0 amide bonds. The third-order valence-electron chi connectivity index (χ3n) is 2.18. The van der Waals surface area contributed by atoms with Crippen LogP contribution in [0.4, 0.5) is 0 Å². The predicted octanol–water partition coefficient (Wildman–Crippen LogP) is 0.123. The summed E-state index contributed by atoms with van der Waals surface area (Å²) in [5.74, 6) is -2.40. The maximum atomic E-state index is 11.0. The molecule has 0 aliphatic carbocycles. The molecule has 0 saturated heterocycles. The van der Waals surface area contributed by atoms with Gasteiger partial charge in [0.15, 0.2) is 5.69 Å². The molecule has 2 aromatic rings. The molecule has 8 nitrogen and oxygen atoms in total. The van der Waals surface area contributed by atoms with Gasteiger partial charge < -0.3 is 10.2 Å². The topological polar surface area (TPSA) is 118 Å². The van der Waals surface area contributed by atoms with Crippen molar-refractivity contribution in [1.82, 2.24) is 20.0 Å². The minimum absolute atomic E-state index is 0.146. The van der Waals surface area contributed by atoms with Crippen molar-refractivity contribution in [2.45, 2.75) is 6.54 Å². The number of carboxylic acids is 2. The summed E-state index contributed by atoms with van der Waals surface area (Å²) < 4.78 is 1.03. The van der Waals surface area contributed by atoms with Crippen molar-refractivity contribution >= 4 is 11.9 Å². The van der Waals surface area contributed by atoms with Gasteiger partial charge in [-0.15, -0.1) is 5.10 Å². The third kappa shape index (κ3) is 2.17. The second kappa shape index (κ2) is 4.62. The van der Waals surface area contributed by atoms with Gasteiger partial charge in [-0.1, -0.05) is 5.21 Å². The number of pyridine rings is 1. The zero-order valence-electron chi connectivity index (χ0n) is 9.02. The fourth-order valence-electron chi connectivity index (χ4n) is 1.49. The molecule has 0 aliphatic rings. The molecule has 0 saturated carbocycles. The van der Waals surface area contributed by atoms with E-state index in [0.29, 0.717) is 5.56 Å². The highest BCUT2D eigenvalue weighted by molar-refractivity contribution is 5.92. The highest BCUT2D eigenvalue weighted by atomic mass is 16.4. The van der Waals surface area contributed by atoms with Crippen molar-refractivity contribution < 1.29 is 19.8 Å². The van der Waals surface area contributed by atoms with Crippen molar-refractivity contribution in [2.75, 3.05) is 0 Å². The first-order chi connectivity index (χ1) is 8.59. The monoisotopic (exact) mass is 248 g/mol. The molecule has 2 heterocycles. The molecule has 0 aromatic carbocycles. The minimum Gasteiger partial charge on any atom is -0.480 e. The number of aromatic carboxylic acids is 1. The lowest BCUT2D eigenvalue weighted by Crippen LogP contribution is -2.12. The van der Waals surface area contributed by atoms with E-state index in [1.165, 1.54) is 12.4 Å². The standard InChI is InChI=1S/C10H8N4O4/c15-7(16)5-14-9(6-1-3-11-4-2-6)8(10(17)18)12-13-14/h1-4H,5H2,(H,15,16)(H,17,18). The smallest absolute Gasteiger partial charge is 0.358 e. The van der Waals surface area contributed by atoms with Crippen molar-refractivity contribution in [3.8, 4) is 11.3 Å². The lowest BCUT2D eigenvalue weighted by Gasteiger charge is -2.04. The molecular formula is C10H8N4O4. The van der Waals surface area contributed by atoms with Gasteiger partial charge in [0.2, 0.25) is 0 Å². The number of nitrogens with zero attached hydrogens (tertiary/aromatic N) is 4. The molecule has 18 heavy (non-hydrogen) atoms. The van der Waals surface area contributed by atoms with E-state index in [4.69, 9.17) is 10.2 Å². The molecule has 2 aromatic heterocycles. The summed E-state index contributed by atoms with van der Waals surface area (Å²) in [6, 6.07) is 3.12. The summed E-state index contributed by atoms with van der Waals surface area (Å²) in [6.07, 6.45) is 2.94. The Kier molecular flexibility index (Phi) is 3.00. The molecule has 0 aliphatic heterocycles. The van der Waals surface area contributed by atoms with Gasteiger partial charge in [0, 0.05) is 18.0 Å². The van der Waals surface area contributed by atoms with E-state index in [2.05, 4.69) is 15.3 Å². The summed E-state index contributed by atoms with van der Waals surface area (Å²) >= 11 is 0. The molecule has 0 bridgehead atoms. The molecule has 0 radical (unpaired) electrons. The molecule has 92 valence electrons. The van der Waals surface area contributed by atoms with Crippen LogP contribution < -0.4 is 0 Å². The molecule has 2 rings (SSSR count). The Morgan fingerprint density at radius 3 is 2.44 bits per heavy atom. The van der Waals surface area contributed by atoms with E-state index >= 15 is 0 Å². The molecule has 0 atom stereocenters. The van der Waals surface area contributed by atoms with E-state index in [9.17, 15) is 9.59 Å². The maximum absolute atomic E-state index is 11.0. The number of aromatic nitrogens is 4. The summed E-state index contributed by atoms with van der Waals surface area (Å²) in [4.78, 5) is 25.5. The van der Waals surface area contributed by atoms with Crippen LogP contribution in [0.1, 0.15) is 10.5 Å². The summed E-state index contributed by atoms with van der Waals surface area (Å²) in [5, 5.41) is 24.7. The summed E-state index contributed by atoms with van der Waals surface area (Å²) in [6.45, 7) is -0.460. The lowest BCUT2D eigenvalue weighted by atomic mass is 10.1. The Bertz CT molecular complexity index is 593. The largest absolute Gasteiger partial charge is 0.480 e. The van der Waals surface area contributed by atoms with Crippen LogP contribution in [-0.2, 0) is 11.3 Å². The number of aliphatic carboxylic acids is 1. The van der Waals surface area contributed by atoms with Crippen LogP contribution in [0, 0.1) is 0 Å². The Balaban J connectivity index is 2.57. The summed E-state index contributed by atoms with van der Waals surface area (Å²) in [5.41, 5.74) is 0.350. The van der Waals surface area contributed by atoms with Crippen LogP contribution >= 0.6 is 0 Å². The second-order valence-corrected chi connectivity index (χ2v) is 3.38. The number of hydrogen-bond acceptors (Lipinski definition) is 5. The van der Waals surface area contributed by atoms with Crippen LogP contribution in [-0.4, -0.2) is 42.1 Å². The third-order valence-corrected chi connectivity index (χ3v) is 2.18. The first-order valence-electron chi connectivity index (χ1n) is 4.88. The van der Waals surface area contributed by atoms with E-state index in [0.717, 1.165) is 4.68 Å².